The molecule has 0 saturated heterocycles. The van der Waals surface area contributed by atoms with E-state index < -0.39 is 5.97 Å². The highest BCUT2D eigenvalue weighted by Gasteiger charge is 2.08. The normalized spacial score (nSPS) is 10.2. The molecule has 19 heavy (non-hydrogen) atoms. The average molecular weight is 272 g/mol. The molecule has 0 bridgehead atoms. The number of benzene rings is 2. The van der Waals surface area contributed by atoms with Crippen LogP contribution in [0.25, 0.3) is 0 Å². The Morgan fingerprint density at radius 2 is 1.63 bits per heavy atom. The molecule has 0 unspecified atom stereocenters. The van der Waals surface area contributed by atoms with E-state index in [-0.39, 0.29) is 11.3 Å². The van der Waals surface area contributed by atoms with Gasteiger partial charge in [-0.2, -0.15) is 0 Å². The maximum absolute atomic E-state index is 11.5. The Morgan fingerprint density at radius 1 is 1.00 bits per heavy atom. The Kier molecular flexibility index (Phi) is 4.02. The van der Waals surface area contributed by atoms with Gasteiger partial charge in [0.05, 0.1) is 5.56 Å². The van der Waals surface area contributed by atoms with Crippen LogP contribution in [0.1, 0.15) is 27.6 Å². The SMILES string of the molecule is CC(=O)c1ccccc1Sc1ccc(C(=O)O)cc1. The van der Waals surface area contributed by atoms with Gasteiger partial charge in [0.2, 0.25) is 0 Å². The van der Waals surface area contributed by atoms with E-state index in [0.717, 1.165) is 9.79 Å². The first kappa shape index (κ1) is 13.4. The molecule has 0 spiro atoms. The number of carbonyl (C=O) groups is 2. The van der Waals surface area contributed by atoms with E-state index in [2.05, 4.69) is 0 Å². The quantitative estimate of drug-likeness (QED) is 0.861. The molecule has 2 rings (SSSR count). The van der Waals surface area contributed by atoms with E-state index in [1.54, 1.807) is 30.3 Å². The molecule has 3 nitrogen and oxygen atoms in total. The van der Waals surface area contributed by atoms with Crippen LogP contribution in [0.5, 0.6) is 0 Å². The van der Waals surface area contributed by atoms with Crippen LogP contribution in [-0.2, 0) is 0 Å². The fourth-order valence-electron chi connectivity index (χ4n) is 1.64. The minimum Gasteiger partial charge on any atom is -0.478 e. The predicted molar refractivity (Wildman–Crippen MR) is 74.0 cm³/mol. The van der Waals surface area contributed by atoms with Gasteiger partial charge in [0, 0.05) is 15.4 Å². The first-order valence-electron chi connectivity index (χ1n) is 5.69. The third-order valence-corrected chi connectivity index (χ3v) is 3.68. The van der Waals surface area contributed by atoms with Crippen molar-refractivity contribution in [3.8, 4) is 0 Å². The summed E-state index contributed by atoms with van der Waals surface area (Å²) in [6.45, 7) is 1.53. The third kappa shape index (κ3) is 3.23. The molecule has 1 N–H and O–H groups in total. The van der Waals surface area contributed by atoms with Gasteiger partial charge in [-0.3, -0.25) is 4.79 Å². The van der Waals surface area contributed by atoms with Crippen molar-refractivity contribution in [2.75, 3.05) is 0 Å². The van der Waals surface area contributed by atoms with Crippen LogP contribution in [0.4, 0.5) is 0 Å². The van der Waals surface area contributed by atoms with Gasteiger partial charge in [0.15, 0.2) is 5.78 Å². The Balaban J connectivity index is 2.26. The summed E-state index contributed by atoms with van der Waals surface area (Å²) in [4.78, 5) is 24.0. The second-order valence-corrected chi connectivity index (χ2v) is 5.10. The fraction of sp³-hybridized carbons (Fsp3) is 0.0667. The first-order chi connectivity index (χ1) is 9.08. The van der Waals surface area contributed by atoms with Crippen LogP contribution in [0.3, 0.4) is 0 Å². The molecule has 96 valence electrons. The van der Waals surface area contributed by atoms with Crippen molar-refractivity contribution in [1.29, 1.82) is 0 Å². The van der Waals surface area contributed by atoms with Crippen LogP contribution >= 0.6 is 11.8 Å². The summed E-state index contributed by atoms with van der Waals surface area (Å²) in [5, 5.41) is 8.83. The zero-order valence-electron chi connectivity index (χ0n) is 10.3. The van der Waals surface area contributed by atoms with Crippen LogP contribution < -0.4 is 0 Å². The van der Waals surface area contributed by atoms with Gasteiger partial charge < -0.3 is 5.11 Å². The number of Topliss-reactive ketones (excluding diaryl/α,β-unsaturated/α-hetero) is 1. The minimum atomic E-state index is -0.944. The molecule has 0 fully saturated rings. The number of hydrogen-bond donors (Lipinski definition) is 1. The van der Waals surface area contributed by atoms with E-state index in [1.165, 1.54) is 18.7 Å². The number of aromatic carboxylic acids is 1. The summed E-state index contributed by atoms with van der Waals surface area (Å²) in [5.41, 5.74) is 0.930. The van der Waals surface area contributed by atoms with Crippen LogP contribution in [0.2, 0.25) is 0 Å². The Morgan fingerprint density at radius 3 is 2.21 bits per heavy atom. The zero-order chi connectivity index (χ0) is 13.8. The fourth-order valence-corrected chi connectivity index (χ4v) is 2.63. The lowest BCUT2D eigenvalue weighted by molar-refractivity contribution is 0.0696. The Bertz CT molecular complexity index is 618. The van der Waals surface area contributed by atoms with Crippen molar-refractivity contribution in [3.63, 3.8) is 0 Å². The van der Waals surface area contributed by atoms with Gasteiger partial charge in [0.25, 0.3) is 0 Å². The predicted octanol–water partition coefficient (Wildman–Crippen LogP) is 3.74. The summed E-state index contributed by atoms with van der Waals surface area (Å²) in [6, 6.07) is 14.0. The molecular formula is C15H12O3S. The number of carboxylic acid groups (broad SMARTS) is 1. The highest BCUT2D eigenvalue weighted by atomic mass is 32.2. The number of rotatable bonds is 4. The van der Waals surface area contributed by atoms with Crippen LogP contribution in [0, 0.1) is 0 Å². The number of carbonyl (C=O) groups excluding carboxylic acids is 1. The van der Waals surface area contributed by atoms with E-state index >= 15 is 0 Å². The van der Waals surface area contributed by atoms with Crippen LogP contribution in [-0.4, -0.2) is 16.9 Å². The molecule has 4 heteroatoms. The Hall–Kier alpha value is -2.07. The molecule has 0 saturated carbocycles. The van der Waals surface area contributed by atoms with Gasteiger partial charge in [-0.25, -0.2) is 4.79 Å². The standard InChI is InChI=1S/C15H12O3S/c1-10(16)13-4-2-3-5-14(13)19-12-8-6-11(7-9-12)15(17)18/h2-9H,1H3,(H,17,18). The lowest BCUT2D eigenvalue weighted by Gasteiger charge is -2.06. The van der Waals surface area contributed by atoms with Crippen molar-refractivity contribution >= 4 is 23.5 Å². The van der Waals surface area contributed by atoms with Crippen molar-refractivity contribution in [3.05, 3.63) is 59.7 Å². The first-order valence-corrected chi connectivity index (χ1v) is 6.51. The average Bonchev–Trinajstić information content (AvgIpc) is 2.39. The molecule has 0 heterocycles. The van der Waals surface area contributed by atoms with Crippen molar-refractivity contribution in [1.82, 2.24) is 0 Å². The maximum Gasteiger partial charge on any atom is 0.335 e. The van der Waals surface area contributed by atoms with E-state index in [4.69, 9.17) is 5.11 Å². The molecule has 0 aliphatic heterocycles. The topological polar surface area (TPSA) is 54.4 Å². The second kappa shape index (κ2) is 5.71. The largest absolute Gasteiger partial charge is 0.478 e. The van der Waals surface area contributed by atoms with Crippen molar-refractivity contribution in [2.24, 2.45) is 0 Å². The Labute approximate surface area is 115 Å². The van der Waals surface area contributed by atoms with E-state index in [9.17, 15) is 9.59 Å². The summed E-state index contributed by atoms with van der Waals surface area (Å²) in [5.74, 6) is -0.925. The molecule has 0 aliphatic carbocycles. The van der Waals surface area contributed by atoms with Gasteiger partial charge in [-0.05, 0) is 37.3 Å². The third-order valence-electron chi connectivity index (χ3n) is 2.60. The highest BCUT2D eigenvalue weighted by molar-refractivity contribution is 7.99. The number of carboxylic acids is 1. The van der Waals surface area contributed by atoms with Crippen LogP contribution in [0.15, 0.2) is 58.3 Å². The van der Waals surface area contributed by atoms with E-state index in [1.807, 2.05) is 18.2 Å². The molecule has 0 atom stereocenters. The molecule has 0 amide bonds. The smallest absolute Gasteiger partial charge is 0.335 e. The van der Waals surface area contributed by atoms with Gasteiger partial charge in [0.1, 0.15) is 0 Å². The maximum atomic E-state index is 11.5. The van der Waals surface area contributed by atoms with E-state index in [0.29, 0.717) is 5.56 Å². The van der Waals surface area contributed by atoms with Crippen molar-refractivity contribution < 1.29 is 14.7 Å². The summed E-state index contributed by atoms with van der Waals surface area (Å²) in [6.07, 6.45) is 0. The molecule has 0 radical (unpaired) electrons. The highest BCUT2D eigenvalue weighted by Crippen LogP contribution is 2.30. The molecular weight excluding hydrogens is 260 g/mol. The minimum absolute atomic E-state index is 0.0188. The molecule has 0 aliphatic rings. The summed E-state index contributed by atoms with van der Waals surface area (Å²) >= 11 is 1.45. The second-order valence-electron chi connectivity index (χ2n) is 3.98. The zero-order valence-corrected chi connectivity index (χ0v) is 11.1. The number of ketones is 1. The summed E-state index contributed by atoms with van der Waals surface area (Å²) < 4.78 is 0. The lowest BCUT2D eigenvalue weighted by atomic mass is 10.1. The van der Waals surface area contributed by atoms with Gasteiger partial charge in [-0.15, -0.1) is 0 Å². The lowest BCUT2D eigenvalue weighted by Crippen LogP contribution is -1.96. The number of hydrogen-bond acceptors (Lipinski definition) is 3. The molecule has 2 aromatic carbocycles. The van der Waals surface area contributed by atoms with Gasteiger partial charge in [-0.1, -0.05) is 30.0 Å². The monoisotopic (exact) mass is 272 g/mol. The molecule has 2 aromatic rings. The van der Waals surface area contributed by atoms with Gasteiger partial charge >= 0.3 is 5.97 Å². The van der Waals surface area contributed by atoms with Crippen molar-refractivity contribution in [2.45, 2.75) is 16.7 Å². The summed E-state index contributed by atoms with van der Waals surface area (Å²) in [7, 11) is 0. The molecule has 0 aromatic heterocycles.